The van der Waals surface area contributed by atoms with Gasteiger partial charge in [0.05, 0.1) is 19.4 Å². The second-order valence-corrected chi connectivity index (χ2v) is 5.05. The fourth-order valence-corrected chi connectivity index (χ4v) is 2.32. The van der Waals surface area contributed by atoms with Crippen LogP contribution in [0, 0.1) is 0 Å². The first-order valence-electron chi connectivity index (χ1n) is 7.24. The molecule has 1 aliphatic rings. The van der Waals surface area contributed by atoms with Crippen LogP contribution in [-0.4, -0.2) is 25.5 Å². The number of rotatable bonds is 4. The maximum Gasteiger partial charge on any atom is 0.332 e. The van der Waals surface area contributed by atoms with Gasteiger partial charge in [0.15, 0.2) is 6.29 Å². The summed E-state index contributed by atoms with van der Waals surface area (Å²) in [7, 11) is 0. The van der Waals surface area contributed by atoms with Gasteiger partial charge in [-0.25, -0.2) is 10.2 Å². The summed E-state index contributed by atoms with van der Waals surface area (Å²) in [6.07, 6.45) is 1.28. The van der Waals surface area contributed by atoms with Crippen LogP contribution in [0.25, 0.3) is 11.1 Å². The molecule has 1 aliphatic heterocycles. The lowest BCUT2D eigenvalue weighted by Gasteiger charge is -2.10. The Kier molecular flexibility index (Phi) is 4.65. The van der Waals surface area contributed by atoms with Crippen LogP contribution in [0.5, 0.6) is 0 Å². The van der Waals surface area contributed by atoms with E-state index in [4.69, 9.17) is 15.2 Å². The minimum atomic E-state index is -0.687. The molecule has 3 rings (SSSR count). The number of primary amides is 1. The lowest BCUT2D eigenvalue weighted by atomic mass is 10.0. The standard InChI is InChI=1S/C17H17N3O3/c18-17(21)20-19-11-12-1-3-13(4-2-12)14-5-7-15(8-6-14)16-22-9-10-23-16/h1-8,11,16H,9-10H2,(H3,18,20,21). The monoisotopic (exact) mass is 311 g/mol. The molecule has 1 heterocycles. The molecule has 0 spiro atoms. The highest BCUT2D eigenvalue weighted by atomic mass is 16.7. The largest absolute Gasteiger partial charge is 0.350 e. The van der Waals surface area contributed by atoms with E-state index in [1.165, 1.54) is 6.21 Å². The molecule has 0 radical (unpaired) electrons. The number of nitrogens with zero attached hydrogens (tertiary/aromatic N) is 1. The molecule has 0 unspecified atom stereocenters. The summed E-state index contributed by atoms with van der Waals surface area (Å²) in [4.78, 5) is 10.5. The maximum atomic E-state index is 10.5. The van der Waals surface area contributed by atoms with Crippen LogP contribution in [0.1, 0.15) is 17.4 Å². The van der Waals surface area contributed by atoms with E-state index in [1.54, 1.807) is 0 Å². The van der Waals surface area contributed by atoms with Crippen LogP contribution in [0.2, 0.25) is 0 Å². The molecule has 23 heavy (non-hydrogen) atoms. The van der Waals surface area contributed by atoms with E-state index in [0.717, 1.165) is 22.3 Å². The number of nitrogens with two attached hydrogens (primary N) is 1. The molecule has 2 aromatic rings. The number of carbonyl (C=O) groups is 1. The van der Waals surface area contributed by atoms with Crippen molar-refractivity contribution < 1.29 is 14.3 Å². The van der Waals surface area contributed by atoms with Crippen molar-refractivity contribution in [2.45, 2.75) is 6.29 Å². The number of nitrogens with one attached hydrogen (secondary N) is 1. The third-order valence-electron chi connectivity index (χ3n) is 3.44. The summed E-state index contributed by atoms with van der Waals surface area (Å²) >= 11 is 0. The third-order valence-corrected chi connectivity index (χ3v) is 3.44. The van der Waals surface area contributed by atoms with Crippen LogP contribution >= 0.6 is 0 Å². The molecule has 1 saturated heterocycles. The lowest BCUT2D eigenvalue weighted by molar-refractivity contribution is -0.0441. The molecule has 118 valence electrons. The van der Waals surface area contributed by atoms with Crippen LogP contribution < -0.4 is 11.2 Å². The highest BCUT2D eigenvalue weighted by molar-refractivity contribution is 5.82. The van der Waals surface area contributed by atoms with Gasteiger partial charge in [-0.05, 0) is 16.7 Å². The van der Waals surface area contributed by atoms with Crippen molar-refractivity contribution in [1.29, 1.82) is 0 Å². The first-order valence-corrected chi connectivity index (χ1v) is 7.24. The van der Waals surface area contributed by atoms with Crippen LogP contribution in [0.4, 0.5) is 4.79 Å². The van der Waals surface area contributed by atoms with Gasteiger partial charge in [-0.3, -0.25) is 0 Å². The van der Waals surface area contributed by atoms with E-state index >= 15 is 0 Å². The molecule has 0 bridgehead atoms. The number of amides is 2. The average molecular weight is 311 g/mol. The number of hydrazone groups is 1. The van der Waals surface area contributed by atoms with Gasteiger partial charge in [-0.2, -0.15) is 5.10 Å². The fraction of sp³-hybridized carbons (Fsp3) is 0.176. The number of urea groups is 1. The van der Waals surface area contributed by atoms with Crippen molar-refractivity contribution in [1.82, 2.24) is 5.43 Å². The molecule has 1 fully saturated rings. The fourth-order valence-electron chi connectivity index (χ4n) is 2.32. The Morgan fingerprint density at radius 2 is 1.61 bits per heavy atom. The molecule has 6 heteroatoms. The highest BCUT2D eigenvalue weighted by Gasteiger charge is 2.17. The number of hydrogen-bond acceptors (Lipinski definition) is 4. The summed E-state index contributed by atoms with van der Waals surface area (Å²) in [5.74, 6) is 0. The summed E-state index contributed by atoms with van der Waals surface area (Å²) < 4.78 is 11.0. The summed E-state index contributed by atoms with van der Waals surface area (Å²) in [5.41, 5.74) is 11.2. The average Bonchev–Trinajstić information content (AvgIpc) is 3.10. The Bertz CT molecular complexity index is 690. The van der Waals surface area contributed by atoms with Crippen molar-refractivity contribution >= 4 is 12.2 Å². The Balaban J connectivity index is 1.69. The zero-order valence-electron chi connectivity index (χ0n) is 12.4. The molecular weight excluding hydrogens is 294 g/mol. The van der Waals surface area contributed by atoms with Crippen molar-refractivity contribution in [3.8, 4) is 11.1 Å². The van der Waals surface area contributed by atoms with E-state index < -0.39 is 6.03 Å². The third kappa shape index (κ3) is 3.94. The molecule has 0 saturated carbocycles. The SMILES string of the molecule is NC(=O)NN=Cc1ccc(-c2ccc(C3OCCO3)cc2)cc1. The van der Waals surface area contributed by atoms with Gasteiger partial charge in [0.1, 0.15) is 0 Å². The predicted octanol–water partition coefficient (Wildman–Crippen LogP) is 2.40. The predicted molar refractivity (Wildman–Crippen MR) is 86.8 cm³/mol. The lowest BCUT2D eigenvalue weighted by Crippen LogP contribution is -2.24. The molecule has 2 aromatic carbocycles. The van der Waals surface area contributed by atoms with Gasteiger partial charge in [0.2, 0.25) is 0 Å². The molecule has 0 atom stereocenters. The Hall–Kier alpha value is -2.70. The molecule has 3 N–H and O–H groups in total. The second-order valence-electron chi connectivity index (χ2n) is 5.05. The van der Waals surface area contributed by atoms with E-state index in [9.17, 15) is 4.79 Å². The van der Waals surface area contributed by atoms with Crippen molar-refractivity contribution in [3.05, 3.63) is 59.7 Å². The van der Waals surface area contributed by atoms with Crippen LogP contribution in [-0.2, 0) is 9.47 Å². The van der Waals surface area contributed by atoms with E-state index in [2.05, 4.69) is 10.5 Å². The highest BCUT2D eigenvalue weighted by Crippen LogP contribution is 2.26. The zero-order valence-corrected chi connectivity index (χ0v) is 12.4. The van der Waals surface area contributed by atoms with Crippen molar-refractivity contribution in [2.24, 2.45) is 10.8 Å². The maximum absolute atomic E-state index is 10.5. The Labute approximate surface area is 133 Å². The van der Waals surface area contributed by atoms with Crippen LogP contribution in [0.3, 0.4) is 0 Å². The second kappa shape index (κ2) is 7.04. The summed E-state index contributed by atoms with van der Waals surface area (Å²) in [6.45, 7) is 1.28. The smallest absolute Gasteiger partial charge is 0.332 e. The van der Waals surface area contributed by atoms with E-state index in [-0.39, 0.29) is 6.29 Å². The minimum absolute atomic E-state index is 0.250. The van der Waals surface area contributed by atoms with Gasteiger partial charge in [-0.15, -0.1) is 0 Å². The minimum Gasteiger partial charge on any atom is -0.350 e. The normalized spacial score (nSPS) is 15.1. The first-order chi connectivity index (χ1) is 11.2. The van der Waals surface area contributed by atoms with Gasteiger partial charge >= 0.3 is 6.03 Å². The molecule has 6 nitrogen and oxygen atoms in total. The zero-order chi connectivity index (χ0) is 16.1. The molecule has 0 aromatic heterocycles. The number of hydrogen-bond donors (Lipinski definition) is 2. The molecular formula is C17H17N3O3. The van der Waals surface area contributed by atoms with Gasteiger partial charge in [0, 0.05) is 5.56 Å². The van der Waals surface area contributed by atoms with Crippen LogP contribution in [0.15, 0.2) is 53.6 Å². The Morgan fingerprint density at radius 1 is 1.04 bits per heavy atom. The topological polar surface area (TPSA) is 85.9 Å². The Morgan fingerprint density at radius 3 is 2.17 bits per heavy atom. The number of benzene rings is 2. The van der Waals surface area contributed by atoms with E-state index in [0.29, 0.717) is 13.2 Å². The van der Waals surface area contributed by atoms with Gasteiger partial charge in [0.25, 0.3) is 0 Å². The number of carbonyl (C=O) groups excluding carboxylic acids is 1. The summed E-state index contributed by atoms with van der Waals surface area (Å²) in [5, 5.41) is 3.72. The van der Waals surface area contributed by atoms with Crippen molar-refractivity contribution in [2.75, 3.05) is 13.2 Å². The van der Waals surface area contributed by atoms with Gasteiger partial charge in [-0.1, -0.05) is 48.5 Å². The first kappa shape index (κ1) is 15.2. The van der Waals surface area contributed by atoms with Crippen molar-refractivity contribution in [3.63, 3.8) is 0 Å². The van der Waals surface area contributed by atoms with Gasteiger partial charge < -0.3 is 15.2 Å². The quantitative estimate of drug-likeness (QED) is 0.671. The number of ether oxygens (including phenoxy) is 2. The van der Waals surface area contributed by atoms with E-state index in [1.807, 2.05) is 48.5 Å². The summed E-state index contributed by atoms with van der Waals surface area (Å²) in [6, 6.07) is 15.2. The molecule has 2 amide bonds. The molecule has 0 aliphatic carbocycles.